The maximum Gasteiger partial charge on any atom is 0.140 e. The number of rotatable bonds is 8. The minimum atomic E-state index is -2.28. The van der Waals surface area contributed by atoms with Gasteiger partial charge in [-0.25, -0.2) is 0 Å². The molecule has 0 aliphatic rings. The maximum absolute atomic E-state index is 2.67. The van der Waals surface area contributed by atoms with Gasteiger partial charge in [0, 0.05) is 0 Å². The van der Waals surface area contributed by atoms with E-state index in [2.05, 4.69) is 199 Å². The summed E-state index contributed by atoms with van der Waals surface area (Å²) in [6.07, 6.45) is 0. The number of hydrogen-bond acceptors (Lipinski definition) is 0. The van der Waals surface area contributed by atoms with Crippen molar-refractivity contribution in [1.29, 1.82) is 0 Å². The summed E-state index contributed by atoms with van der Waals surface area (Å²) in [4.78, 5) is 0. The van der Waals surface area contributed by atoms with Gasteiger partial charge in [-0.3, -0.25) is 0 Å². The molecule has 0 atom stereocenters. The molecular formula is C44H44P2+2. The van der Waals surface area contributed by atoms with Crippen molar-refractivity contribution in [2.45, 2.75) is 41.5 Å². The predicted molar refractivity (Wildman–Crippen MR) is 208 cm³/mol. The second-order valence-corrected chi connectivity index (χ2v) is 19.4. The highest BCUT2D eigenvalue weighted by molar-refractivity contribution is 8.01. The Bertz CT molecular complexity index is 1660. The minimum absolute atomic E-state index is 1.28. The van der Waals surface area contributed by atoms with Gasteiger partial charge in [0.1, 0.15) is 58.0 Å². The van der Waals surface area contributed by atoms with E-state index in [9.17, 15) is 0 Å². The van der Waals surface area contributed by atoms with Gasteiger partial charge in [-0.05, 0) is 148 Å². The average Bonchev–Trinajstić information content (AvgIpc) is 3.03. The fourth-order valence-electron chi connectivity index (χ4n) is 6.69. The molecule has 0 saturated carbocycles. The van der Waals surface area contributed by atoms with Crippen molar-refractivity contribution in [3.05, 3.63) is 191 Å². The molecule has 0 aliphatic heterocycles. The Labute approximate surface area is 277 Å². The van der Waals surface area contributed by atoms with Crippen LogP contribution in [-0.4, -0.2) is 0 Å². The lowest BCUT2D eigenvalue weighted by atomic mass is 10.2. The van der Waals surface area contributed by atoms with Crippen LogP contribution >= 0.6 is 14.5 Å². The molecule has 0 N–H and O–H groups in total. The number of aryl methyl sites for hydroxylation is 6. The van der Waals surface area contributed by atoms with E-state index in [1.807, 2.05) is 0 Å². The molecule has 0 heterocycles. The van der Waals surface area contributed by atoms with Crippen molar-refractivity contribution < 1.29 is 0 Å². The summed E-state index contributed by atoms with van der Waals surface area (Å²) in [5, 5.41) is 8.31. The summed E-state index contributed by atoms with van der Waals surface area (Å²) in [5.41, 5.74) is 7.71. The first-order valence-electron chi connectivity index (χ1n) is 16.1. The molecular weight excluding hydrogens is 590 g/mol. The fraction of sp³-hybridized carbons (Fsp3) is 0.136. The van der Waals surface area contributed by atoms with Crippen LogP contribution in [0.25, 0.3) is 0 Å². The Morgan fingerprint density at radius 1 is 0.283 bits per heavy atom. The van der Waals surface area contributed by atoms with Gasteiger partial charge in [0.25, 0.3) is 0 Å². The molecule has 0 amide bonds. The van der Waals surface area contributed by atoms with E-state index in [1.165, 1.54) is 65.2 Å². The molecule has 0 spiro atoms. The molecule has 6 aromatic rings. The molecule has 0 nitrogen and oxygen atoms in total. The summed E-state index contributed by atoms with van der Waals surface area (Å²) < 4.78 is 0. The average molecular weight is 635 g/mol. The van der Waals surface area contributed by atoms with Crippen LogP contribution in [0.2, 0.25) is 0 Å². The van der Waals surface area contributed by atoms with Gasteiger partial charge in [-0.15, -0.1) is 0 Å². The standard InChI is InChI=1S/C44H44P2/c1-33-13-7-19-39(27-33)45(40-20-8-14-34(2)28-40,41-21-9-15-35(3)29-41)25-26-46(42-22-10-16-36(4)30-42,43-23-11-17-37(5)31-43)44-24-12-18-38(6)32-44/h7-32H,1-6H3/q+2/b26-25+. The van der Waals surface area contributed by atoms with Crippen LogP contribution < -0.4 is 31.8 Å². The molecule has 228 valence electrons. The van der Waals surface area contributed by atoms with Gasteiger partial charge < -0.3 is 0 Å². The summed E-state index contributed by atoms with van der Waals surface area (Å²) in [6.45, 7) is 13.3. The van der Waals surface area contributed by atoms with E-state index in [0.29, 0.717) is 0 Å². The van der Waals surface area contributed by atoms with Crippen LogP contribution in [0, 0.1) is 41.5 Å². The monoisotopic (exact) mass is 634 g/mol. The highest BCUT2D eigenvalue weighted by Gasteiger charge is 2.49. The smallest absolute Gasteiger partial charge is 0.0590 e. The molecule has 6 rings (SSSR count). The zero-order chi connectivity index (χ0) is 32.3. The first-order chi connectivity index (χ1) is 22.2. The lowest BCUT2D eigenvalue weighted by Gasteiger charge is -2.28. The van der Waals surface area contributed by atoms with Crippen molar-refractivity contribution in [1.82, 2.24) is 0 Å². The van der Waals surface area contributed by atoms with E-state index < -0.39 is 14.5 Å². The van der Waals surface area contributed by atoms with Crippen LogP contribution in [0.3, 0.4) is 0 Å². The number of hydrogen-bond donors (Lipinski definition) is 0. The molecule has 0 saturated heterocycles. The molecule has 0 aromatic heterocycles. The van der Waals surface area contributed by atoms with Crippen LogP contribution in [0.1, 0.15) is 33.4 Å². The van der Waals surface area contributed by atoms with Crippen molar-refractivity contribution in [2.24, 2.45) is 0 Å². The van der Waals surface area contributed by atoms with Crippen LogP contribution in [0.4, 0.5) is 0 Å². The molecule has 46 heavy (non-hydrogen) atoms. The summed E-state index contributed by atoms with van der Waals surface area (Å²) >= 11 is 0. The van der Waals surface area contributed by atoms with Crippen molar-refractivity contribution in [3.63, 3.8) is 0 Å². The van der Waals surface area contributed by atoms with E-state index in [-0.39, 0.29) is 0 Å². The van der Waals surface area contributed by atoms with E-state index >= 15 is 0 Å². The van der Waals surface area contributed by atoms with Crippen LogP contribution in [0.15, 0.2) is 157 Å². The van der Waals surface area contributed by atoms with Crippen molar-refractivity contribution in [2.75, 3.05) is 0 Å². The highest BCUT2D eigenvalue weighted by atomic mass is 31.2. The lowest BCUT2D eigenvalue weighted by molar-refractivity contribution is 1.48. The Morgan fingerprint density at radius 2 is 0.457 bits per heavy atom. The molecule has 0 radical (unpaired) electrons. The van der Waals surface area contributed by atoms with Gasteiger partial charge in [-0.2, -0.15) is 0 Å². The molecule has 6 aromatic carbocycles. The summed E-state index contributed by atoms with van der Waals surface area (Å²) in [7, 11) is -4.56. The normalized spacial score (nSPS) is 12.0. The Balaban J connectivity index is 1.79. The predicted octanol–water partition coefficient (Wildman–Crippen LogP) is 9.30. The van der Waals surface area contributed by atoms with Gasteiger partial charge in [0.2, 0.25) is 0 Å². The van der Waals surface area contributed by atoms with E-state index in [0.717, 1.165) is 0 Å². The van der Waals surface area contributed by atoms with Crippen LogP contribution in [-0.2, 0) is 0 Å². The Morgan fingerprint density at radius 3 is 0.609 bits per heavy atom. The summed E-state index contributed by atoms with van der Waals surface area (Å²) in [5.74, 6) is 5.35. The molecule has 0 unspecified atom stereocenters. The van der Waals surface area contributed by atoms with Gasteiger partial charge in [0.05, 0.1) is 0 Å². The SMILES string of the molecule is Cc1cccc([P+](/C=C/[P+](c2cccc(C)c2)(c2cccc(C)c2)c2cccc(C)c2)(c2cccc(C)c2)c2cccc(C)c2)c1. The lowest BCUT2D eigenvalue weighted by Crippen LogP contribution is -2.32. The molecule has 0 fully saturated rings. The van der Waals surface area contributed by atoms with Crippen molar-refractivity contribution >= 4 is 46.4 Å². The second-order valence-electron chi connectivity index (χ2n) is 12.8. The molecule has 0 aliphatic carbocycles. The first-order valence-corrected chi connectivity index (χ1v) is 19.8. The molecule has 2 heteroatoms. The van der Waals surface area contributed by atoms with E-state index in [4.69, 9.17) is 0 Å². The van der Waals surface area contributed by atoms with E-state index in [1.54, 1.807) is 0 Å². The quantitative estimate of drug-likeness (QED) is 0.146. The fourth-order valence-corrected chi connectivity index (χ4v) is 15.5. The third kappa shape index (κ3) is 6.18. The first kappa shape index (κ1) is 31.9. The summed E-state index contributed by atoms with van der Waals surface area (Å²) in [6, 6.07) is 55.5. The zero-order valence-electron chi connectivity index (χ0n) is 27.9. The largest absolute Gasteiger partial charge is 0.140 e. The number of benzene rings is 6. The van der Waals surface area contributed by atoms with Gasteiger partial charge in [-0.1, -0.05) is 72.8 Å². The van der Waals surface area contributed by atoms with Crippen molar-refractivity contribution in [3.8, 4) is 0 Å². The third-order valence-corrected chi connectivity index (χ3v) is 17.0. The molecule has 0 bridgehead atoms. The topological polar surface area (TPSA) is 0 Å². The van der Waals surface area contributed by atoms with Gasteiger partial charge in [0.15, 0.2) is 0 Å². The Kier molecular flexibility index (Phi) is 9.25. The van der Waals surface area contributed by atoms with Gasteiger partial charge >= 0.3 is 0 Å². The van der Waals surface area contributed by atoms with Crippen LogP contribution in [0.5, 0.6) is 0 Å². The minimum Gasteiger partial charge on any atom is -0.0590 e. The Hall–Kier alpha value is -4.08. The second kappa shape index (κ2) is 13.3. The highest BCUT2D eigenvalue weighted by Crippen LogP contribution is 2.64. The third-order valence-electron chi connectivity index (χ3n) is 8.97. The zero-order valence-corrected chi connectivity index (χ0v) is 29.7. The maximum atomic E-state index is 2.67.